The van der Waals surface area contributed by atoms with Gasteiger partial charge in [0.05, 0.1) is 0 Å². The van der Waals surface area contributed by atoms with Gasteiger partial charge in [0.1, 0.15) is 17.5 Å². The topological polar surface area (TPSA) is 92.6 Å². The van der Waals surface area contributed by atoms with Gasteiger partial charge in [-0.3, -0.25) is 0 Å². The Balaban J connectivity index is 2.50. The smallest absolute Gasteiger partial charge is 0.169 e. The SMILES string of the molecule is CC(C)Nc1nn(-c2ccc(Br)cn2)c(N)c1C#N. The molecule has 7 heteroatoms. The Labute approximate surface area is 119 Å². The number of nitrogens with zero attached hydrogens (tertiary/aromatic N) is 4. The van der Waals surface area contributed by atoms with Gasteiger partial charge < -0.3 is 11.1 Å². The molecule has 2 aromatic heterocycles. The van der Waals surface area contributed by atoms with Crippen LogP contribution in [0.15, 0.2) is 22.8 Å². The van der Waals surface area contributed by atoms with Gasteiger partial charge >= 0.3 is 0 Å². The van der Waals surface area contributed by atoms with E-state index in [-0.39, 0.29) is 11.9 Å². The van der Waals surface area contributed by atoms with E-state index in [0.717, 1.165) is 4.47 Å². The predicted octanol–water partition coefficient (Wildman–Crippen LogP) is 2.30. The molecule has 0 aliphatic rings. The van der Waals surface area contributed by atoms with Crippen LogP contribution in [0, 0.1) is 11.3 Å². The molecule has 6 nitrogen and oxygen atoms in total. The van der Waals surface area contributed by atoms with Crippen LogP contribution in [-0.2, 0) is 0 Å². The molecule has 0 spiro atoms. The van der Waals surface area contributed by atoms with Crippen LogP contribution in [-0.4, -0.2) is 20.8 Å². The summed E-state index contributed by atoms with van der Waals surface area (Å²) in [7, 11) is 0. The van der Waals surface area contributed by atoms with Crippen molar-refractivity contribution in [3.63, 3.8) is 0 Å². The van der Waals surface area contributed by atoms with E-state index < -0.39 is 0 Å². The highest BCUT2D eigenvalue weighted by Crippen LogP contribution is 2.24. The van der Waals surface area contributed by atoms with E-state index in [1.165, 1.54) is 4.68 Å². The lowest BCUT2D eigenvalue weighted by Gasteiger charge is -2.05. The van der Waals surface area contributed by atoms with Crippen LogP contribution in [0.4, 0.5) is 11.6 Å². The van der Waals surface area contributed by atoms with E-state index in [4.69, 9.17) is 11.0 Å². The number of rotatable bonds is 3. The molecule has 0 amide bonds. The lowest BCUT2D eigenvalue weighted by atomic mass is 10.3. The number of hydrogen-bond acceptors (Lipinski definition) is 5. The second-order valence-corrected chi connectivity index (χ2v) is 5.18. The maximum Gasteiger partial charge on any atom is 0.169 e. The van der Waals surface area contributed by atoms with Gasteiger partial charge in [0, 0.05) is 16.7 Å². The van der Waals surface area contributed by atoms with Crippen LogP contribution in [0.5, 0.6) is 0 Å². The molecule has 0 radical (unpaired) electrons. The maximum atomic E-state index is 9.17. The molecule has 0 saturated carbocycles. The molecule has 0 bridgehead atoms. The van der Waals surface area contributed by atoms with E-state index in [9.17, 15) is 0 Å². The van der Waals surface area contributed by atoms with E-state index >= 15 is 0 Å². The maximum absolute atomic E-state index is 9.17. The Bertz CT molecular complexity index is 623. The summed E-state index contributed by atoms with van der Waals surface area (Å²) in [6.45, 7) is 3.93. The number of aromatic nitrogens is 3. The number of pyridine rings is 1. The average molecular weight is 321 g/mol. The van der Waals surface area contributed by atoms with Crippen LogP contribution >= 0.6 is 15.9 Å². The third kappa shape index (κ3) is 2.69. The van der Waals surface area contributed by atoms with E-state index in [1.54, 1.807) is 12.3 Å². The van der Waals surface area contributed by atoms with Crippen LogP contribution in [0.3, 0.4) is 0 Å². The fourth-order valence-electron chi connectivity index (χ4n) is 1.58. The third-order valence-corrected chi connectivity index (χ3v) is 2.86. The molecule has 2 heterocycles. The number of nitriles is 1. The summed E-state index contributed by atoms with van der Waals surface area (Å²) < 4.78 is 2.32. The zero-order valence-corrected chi connectivity index (χ0v) is 12.1. The molecule has 0 aliphatic heterocycles. The Morgan fingerprint density at radius 3 is 2.74 bits per heavy atom. The summed E-state index contributed by atoms with van der Waals surface area (Å²) in [5.41, 5.74) is 6.28. The number of nitrogen functional groups attached to an aromatic ring is 1. The highest BCUT2D eigenvalue weighted by molar-refractivity contribution is 9.10. The molecule has 2 aromatic rings. The van der Waals surface area contributed by atoms with Crippen molar-refractivity contribution in [1.82, 2.24) is 14.8 Å². The van der Waals surface area contributed by atoms with E-state index in [0.29, 0.717) is 17.2 Å². The van der Waals surface area contributed by atoms with Crippen molar-refractivity contribution < 1.29 is 0 Å². The minimum absolute atomic E-state index is 0.160. The van der Waals surface area contributed by atoms with Gasteiger partial charge in [0.25, 0.3) is 0 Å². The first-order valence-corrected chi connectivity index (χ1v) is 6.49. The first-order chi connectivity index (χ1) is 9.02. The van der Waals surface area contributed by atoms with Gasteiger partial charge in [-0.1, -0.05) is 0 Å². The molecule has 0 unspecified atom stereocenters. The highest BCUT2D eigenvalue weighted by Gasteiger charge is 2.17. The van der Waals surface area contributed by atoms with Crippen LogP contribution in [0.25, 0.3) is 5.82 Å². The first kappa shape index (κ1) is 13.4. The fraction of sp³-hybridized carbons (Fsp3) is 0.250. The molecular formula is C12H13BrN6. The number of halogens is 1. The second kappa shape index (κ2) is 5.28. The van der Waals surface area contributed by atoms with Crippen molar-refractivity contribution in [3.05, 3.63) is 28.4 Å². The third-order valence-electron chi connectivity index (χ3n) is 2.39. The van der Waals surface area contributed by atoms with Gasteiger partial charge in [0.2, 0.25) is 0 Å². The van der Waals surface area contributed by atoms with Gasteiger partial charge in [-0.2, -0.15) is 9.94 Å². The fourth-order valence-corrected chi connectivity index (χ4v) is 1.82. The zero-order chi connectivity index (χ0) is 14.0. The Morgan fingerprint density at radius 2 is 2.21 bits per heavy atom. The molecule has 0 fully saturated rings. The Hall–Kier alpha value is -2.07. The van der Waals surface area contributed by atoms with Crippen molar-refractivity contribution in [2.24, 2.45) is 0 Å². The normalized spacial score (nSPS) is 10.5. The summed E-state index contributed by atoms with van der Waals surface area (Å²) in [5.74, 6) is 1.31. The molecule has 0 saturated heterocycles. The quantitative estimate of drug-likeness (QED) is 0.905. The summed E-state index contributed by atoms with van der Waals surface area (Å²) >= 11 is 3.31. The second-order valence-electron chi connectivity index (χ2n) is 4.27. The summed E-state index contributed by atoms with van der Waals surface area (Å²) in [4.78, 5) is 4.21. The van der Waals surface area contributed by atoms with E-state index in [1.807, 2.05) is 19.9 Å². The predicted molar refractivity (Wildman–Crippen MR) is 76.9 cm³/mol. The van der Waals surface area contributed by atoms with Crippen molar-refractivity contribution in [2.75, 3.05) is 11.1 Å². The lowest BCUT2D eigenvalue weighted by Crippen LogP contribution is -2.11. The lowest BCUT2D eigenvalue weighted by molar-refractivity contribution is 0.832. The number of anilines is 2. The summed E-state index contributed by atoms with van der Waals surface area (Å²) in [6.07, 6.45) is 1.65. The highest BCUT2D eigenvalue weighted by atomic mass is 79.9. The molecular weight excluding hydrogens is 308 g/mol. The van der Waals surface area contributed by atoms with Crippen molar-refractivity contribution in [1.29, 1.82) is 5.26 Å². The molecule has 98 valence electrons. The average Bonchev–Trinajstić information content (AvgIpc) is 2.66. The molecule has 0 atom stereocenters. The standard InChI is InChI=1S/C12H13BrN6/c1-7(2)17-12-9(5-14)11(15)19(18-12)10-4-3-8(13)6-16-10/h3-4,6-7H,15H2,1-2H3,(H,17,18). The largest absolute Gasteiger partial charge is 0.382 e. The minimum atomic E-state index is 0.160. The first-order valence-electron chi connectivity index (χ1n) is 5.70. The monoisotopic (exact) mass is 320 g/mol. The molecule has 0 aromatic carbocycles. The van der Waals surface area contributed by atoms with Gasteiger partial charge in [-0.05, 0) is 41.9 Å². The van der Waals surface area contributed by atoms with E-state index in [2.05, 4.69) is 37.4 Å². The Kier molecular flexibility index (Phi) is 3.71. The number of hydrogen-bond donors (Lipinski definition) is 2. The summed E-state index contributed by atoms with van der Waals surface area (Å²) in [6, 6.07) is 5.83. The van der Waals surface area contributed by atoms with Crippen molar-refractivity contribution >= 4 is 27.6 Å². The number of nitrogens with one attached hydrogen (secondary N) is 1. The van der Waals surface area contributed by atoms with Crippen molar-refractivity contribution in [2.45, 2.75) is 19.9 Å². The number of nitrogens with two attached hydrogens (primary N) is 1. The molecule has 0 aliphatic carbocycles. The zero-order valence-electron chi connectivity index (χ0n) is 10.6. The van der Waals surface area contributed by atoms with Crippen LogP contribution < -0.4 is 11.1 Å². The summed E-state index contributed by atoms with van der Waals surface area (Å²) in [5, 5.41) is 16.6. The van der Waals surface area contributed by atoms with Gasteiger partial charge in [-0.15, -0.1) is 5.10 Å². The van der Waals surface area contributed by atoms with Crippen molar-refractivity contribution in [3.8, 4) is 11.9 Å². The van der Waals surface area contributed by atoms with Gasteiger partial charge in [0.15, 0.2) is 11.6 Å². The Morgan fingerprint density at radius 1 is 1.47 bits per heavy atom. The van der Waals surface area contributed by atoms with Crippen LogP contribution in [0.1, 0.15) is 19.4 Å². The van der Waals surface area contributed by atoms with Gasteiger partial charge in [-0.25, -0.2) is 4.98 Å². The molecule has 2 rings (SSSR count). The molecule has 19 heavy (non-hydrogen) atoms. The van der Waals surface area contributed by atoms with Crippen LogP contribution in [0.2, 0.25) is 0 Å². The minimum Gasteiger partial charge on any atom is -0.382 e. The molecule has 3 N–H and O–H groups in total.